The number of carbonyl (C=O) groups excluding carboxylic acids is 1. The maximum Gasteiger partial charge on any atom is 0.137 e. The summed E-state index contributed by atoms with van der Waals surface area (Å²) in [5, 5.41) is 3.31. The van der Waals surface area contributed by atoms with E-state index in [1.165, 1.54) is 0 Å². The molecule has 15 heavy (non-hydrogen) atoms. The second kappa shape index (κ2) is 5.58. The van der Waals surface area contributed by atoms with Gasteiger partial charge in [-0.1, -0.05) is 0 Å². The summed E-state index contributed by atoms with van der Waals surface area (Å²) in [6.45, 7) is 3.79. The molecule has 1 N–H and O–H groups in total. The molecular weight excluding hydrogens is 194 g/mol. The van der Waals surface area contributed by atoms with E-state index in [9.17, 15) is 4.79 Å². The van der Waals surface area contributed by atoms with E-state index in [0.29, 0.717) is 18.8 Å². The maximum absolute atomic E-state index is 11.9. The maximum atomic E-state index is 11.9. The van der Waals surface area contributed by atoms with E-state index in [1.54, 1.807) is 0 Å². The van der Waals surface area contributed by atoms with E-state index in [0.717, 1.165) is 39.2 Å². The smallest absolute Gasteiger partial charge is 0.137 e. The Balaban J connectivity index is 1.74. The van der Waals surface area contributed by atoms with Gasteiger partial charge in [-0.3, -0.25) is 4.79 Å². The minimum Gasteiger partial charge on any atom is -0.381 e. The topological polar surface area (TPSA) is 47.6 Å². The van der Waals surface area contributed by atoms with Crippen LogP contribution in [0.25, 0.3) is 0 Å². The van der Waals surface area contributed by atoms with Gasteiger partial charge in [-0.25, -0.2) is 0 Å². The van der Waals surface area contributed by atoms with Crippen LogP contribution in [0.2, 0.25) is 0 Å². The van der Waals surface area contributed by atoms with E-state index in [4.69, 9.17) is 9.47 Å². The summed E-state index contributed by atoms with van der Waals surface area (Å²) in [6.07, 6.45) is 2.41. The number of morpholine rings is 1. The van der Waals surface area contributed by atoms with Crippen molar-refractivity contribution in [2.75, 3.05) is 33.0 Å². The van der Waals surface area contributed by atoms with Crippen molar-refractivity contribution in [3.63, 3.8) is 0 Å². The number of carbonyl (C=O) groups is 1. The molecule has 0 aliphatic carbocycles. The molecule has 4 nitrogen and oxygen atoms in total. The first-order valence-corrected chi connectivity index (χ1v) is 5.78. The molecule has 0 amide bonds. The van der Waals surface area contributed by atoms with Crippen molar-refractivity contribution in [1.82, 2.24) is 5.32 Å². The number of hydrogen-bond donors (Lipinski definition) is 1. The largest absolute Gasteiger partial charge is 0.381 e. The number of ether oxygens (including phenoxy) is 2. The molecule has 1 atom stereocenters. The first-order valence-electron chi connectivity index (χ1n) is 5.78. The van der Waals surface area contributed by atoms with Crippen LogP contribution in [0, 0.1) is 5.92 Å². The highest BCUT2D eigenvalue weighted by Gasteiger charge is 2.25. The quantitative estimate of drug-likeness (QED) is 0.735. The van der Waals surface area contributed by atoms with Crippen molar-refractivity contribution < 1.29 is 14.3 Å². The van der Waals surface area contributed by atoms with Crippen molar-refractivity contribution >= 4 is 5.78 Å². The number of nitrogens with one attached hydrogen (secondary N) is 1. The van der Waals surface area contributed by atoms with E-state index < -0.39 is 0 Å². The van der Waals surface area contributed by atoms with Crippen LogP contribution in [0.3, 0.4) is 0 Å². The number of ketones is 1. The van der Waals surface area contributed by atoms with Crippen LogP contribution in [0.5, 0.6) is 0 Å². The summed E-state index contributed by atoms with van der Waals surface area (Å²) in [5.74, 6) is 0.601. The van der Waals surface area contributed by atoms with Crippen LogP contribution in [0.1, 0.15) is 19.3 Å². The lowest BCUT2D eigenvalue weighted by Crippen LogP contribution is -2.43. The second-order valence-electron chi connectivity index (χ2n) is 4.28. The van der Waals surface area contributed by atoms with Crippen molar-refractivity contribution in [2.24, 2.45) is 5.92 Å². The van der Waals surface area contributed by atoms with Gasteiger partial charge in [-0.15, -0.1) is 0 Å². The zero-order valence-electron chi connectivity index (χ0n) is 9.04. The molecule has 2 rings (SSSR count). The molecule has 0 aromatic rings. The number of Topliss-reactive ketones (excluding diaryl/α,β-unsaturated/α-hetero) is 1. The monoisotopic (exact) mass is 213 g/mol. The van der Waals surface area contributed by atoms with Gasteiger partial charge in [0.25, 0.3) is 0 Å². The van der Waals surface area contributed by atoms with Crippen LogP contribution >= 0.6 is 0 Å². The van der Waals surface area contributed by atoms with Crippen molar-refractivity contribution in [3.05, 3.63) is 0 Å². The molecule has 2 aliphatic heterocycles. The number of rotatable bonds is 3. The highest BCUT2D eigenvalue weighted by Crippen LogP contribution is 2.18. The molecule has 0 radical (unpaired) electrons. The summed E-state index contributed by atoms with van der Waals surface area (Å²) in [4.78, 5) is 11.9. The zero-order valence-corrected chi connectivity index (χ0v) is 9.04. The summed E-state index contributed by atoms with van der Waals surface area (Å²) in [5.41, 5.74) is 0. The zero-order chi connectivity index (χ0) is 10.5. The van der Waals surface area contributed by atoms with Crippen molar-refractivity contribution in [3.8, 4) is 0 Å². The average molecular weight is 213 g/mol. The highest BCUT2D eigenvalue weighted by atomic mass is 16.5. The van der Waals surface area contributed by atoms with Crippen LogP contribution in [-0.4, -0.2) is 44.8 Å². The standard InChI is InChI=1S/C11H19NO3/c13-11(9-1-4-14-5-2-9)7-10-8-15-6-3-12-10/h9-10,12H,1-8H2. The van der Waals surface area contributed by atoms with Gasteiger partial charge in [0.1, 0.15) is 5.78 Å². The Hall–Kier alpha value is -0.450. The predicted molar refractivity (Wildman–Crippen MR) is 55.8 cm³/mol. The average Bonchev–Trinajstić information content (AvgIpc) is 2.31. The molecule has 0 aromatic heterocycles. The molecule has 2 heterocycles. The van der Waals surface area contributed by atoms with E-state index >= 15 is 0 Å². The summed E-state index contributed by atoms with van der Waals surface area (Å²) < 4.78 is 10.6. The van der Waals surface area contributed by atoms with Gasteiger partial charge in [-0.2, -0.15) is 0 Å². The van der Waals surface area contributed by atoms with E-state index in [2.05, 4.69) is 5.32 Å². The van der Waals surface area contributed by atoms with Gasteiger partial charge in [-0.05, 0) is 12.8 Å². The fourth-order valence-corrected chi connectivity index (χ4v) is 2.18. The summed E-state index contributed by atoms with van der Waals surface area (Å²) in [7, 11) is 0. The molecule has 86 valence electrons. The normalized spacial score (nSPS) is 28.9. The molecule has 0 bridgehead atoms. The number of hydrogen-bond acceptors (Lipinski definition) is 4. The van der Waals surface area contributed by atoms with E-state index in [1.807, 2.05) is 0 Å². The van der Waals surface area contributed by atoms with Gasteiger partial charge in [0.15, 0.2) is 0 Å². The lowest BCUT2D eigenvalue weighted by atomic mass is 9.91. The lowest BCUT2D eigenvalue weighted by molar-refractivity contribution is -0.126. The molecule has 2 aliphatic rings. The SMILES string of the molecule is O=C(CC1COCCN1)C1CCOCC1. The fourth-order valence-electron chi connectivity index (χ4n) is 2.18. The first kappa shape index (κ1) is 11.0. The van der Waals surface area contributed by atoms with Crippen LogP contribution in [0.4, 0.5) is 0 Å². The Morgan fingerprint density at radius 1 is 1.20 bits per heavy atom. The van der Waals surface area contributed by atoms with Crippen LogP contribution in [0.15, 0.2) is 0 Å². The third kappa shape index (κ3) is 3.26. The molecule has 0 saturated carbocycles. The lowest BCUT2D eigenvalue weighted by Gasteiger charge is -2.26. The minimum absolute atomic E-state index is 0.225. The predicted octanol–water partition coefficient (Wildman–Crippen LogP) is 0.361. The van der Waals surface area contributed by atoms with Crippen molar-refractivity contribution in [1.29, 1.82) is 0 Å². The Morgan fingerprint density at radius 2 is 2.00 bits per heavy atom. The van der Waals surface area contributed by atoms with Gasteiger partial charge in [0, 0.05) is 38.1 Å². The Labute approximate surface area is 90.3 Å². The third-order valence-corrected chi connectivity index (χ3v) is 3.12. The Kier molecular flexibility index (Phi) is 4.11. The van der Waals surface area contributed by atoms with Crippen LogP contribution in [-0.2, 0) is 14.3 Å². The molecule has 0 aromatic carbocycles. The first-order chi connectivity index (χ1) is 7.36. The summed E-state index contributed by atoms with van der Waals surface area (Å²) >= 11 is 0. The Morgan fingerprint density at radius 3 is 2.67 bits per heavy atom. The molecule has 4 heteroatoms. The van der Waals surface area contributed by atoms with Crippen LogP contribution < -0.4 is 5.32 Å². The van der Waals surface area contributed by atoms with Gasteiger partial charge < -0.3 is 14.8 Å². The van der Waals surface area contributed by atoms with E-state index in [-0.39, 0.29) is 12.0 Å². The molecule has 2 fully saturated rings. The molecule has 0 spiro atoms. The van der Waals surface area contributed by atoms with Gasteiger partial charge in [0.2, 0.25) is 0 Å². The second-order valence-corrected chi connectivity index (χ2v) is 4.28. The minimum atomic E-state index is 0.225. The Bertz CT molecular complexity index is 208. The van der Waals surface area contributed by atoms with Gasteiger partial charge >= 0.3 is 0 Å². The van der Waals surface area contributed by atoms with Crippen molar-refractivity contribution in [2.45, 2.75) is 25.3 Å². The van der Waals surface area contributed by atoms with Gasteiger partial charge in [0.05, 0.1) is 13.2 Å². The molecule has 1 unspecified atom stereocenters. The molecular formula is C11H19NO3. The fraction of sp³-hybridized carbons (Fsp3) is 0.909. The third-order valence-electron chi connectivity index (χ3n) is 3.12. The summed E-state index contributed by atoms with van der Waals surface area (Å²) in [6, 6.07) is 0.231. The molecule has 2 saturated heterocycles. The highest BCUT2D eigenvalue weighted by molar-refractivity contribution is 5.81.